The monoisotopic (exact) mass is 241 g/mol. The minimum absolute atomic E-state index is 0.0640. The zero-order chi connectivity index (χ0) is 12.5. The van der Waals surface area contributed by atoms with E-state index in [1.807, 2.05) is 0 Å². The molecule has 0 spiro atoms. The van der Waals surface area contributed by atoms with Gasteiger partial charge < -0.3 is 25.0 Å². The lowest BCUT2D eigenvalue weighted by molar-refractivity contribution is 0.0719. The smallest absolute Gasteiger partial charge is 0.123 e. The zero-order valence-corrected chi connectivity index (χ0v) is 9.98. The van der Waals surface area contributed by atoms with E-state index >= 15 is 0 Å². The molecular formula is C12H19NO4. The van der Waals surface area contributed by atoms with E-state index in [-0.39, 0.29) is 11.5 Å². The molecule has 0 aromatic heterocycles. The Labute approximate surface area is 101 Å². The molecule has 1 aromatic carbocycles. The highest BCUT2D eigenvalue weighted by molar-refractivity contribution is 5.38. The largest absolute Gasteiger partial charge is 0.508 e. The van der Waals surface area contributed by atoms with Crippen molar-refractivity contribution in [2.75, 3.05) is 33.5 Å². The summed E-state index contributed by atoms with van der Waals surface area (Å²) in [5, 5.41) is 21.8. The van der Waals surface area contributed by atoms with Crippen LogP contribution < -0.4 is 5.32 Å². The lowest BCUT2D eigenvalue weighted by atomic mass is 10.2. The molecule has 0 saturated carbocycles. The van der Waals surface area contributed by atoms with E-state index in [0.29, 0.717) is 32.9 Å². The van der Waals surface area contributed by atoms with Crippen molar-refractivity contribution in [3.8, 4) is 11.5 Å². The molecule has 0 saturated heterocycles. The van der Waals surface area contributed by atoms with Gasteiger partial charge in [-0.05, 0) is 6.07 Å². The lowest BCUT2D eigenvalue weighted by Crippen LogP contribution is -2.20. The molecule has 1 aromatic rings. The van der Waals surface area contributed by atoms with Crippen LogP contribution in [0.25, 0.3) is 0 Å². The summed E-state index contributed by atoms with van der Waals surface area (Å²) in [7, 11) is 1.63. The molecule has 0 unspecified atom stereocenters. The molecule has 0 amide bonds. The van der Waals surface area contributed by atoms with Crippen LogP contribution in [0.2, 0.25) is 0 Å². The summed E-state index contributed by atoms with van der Waals surface area (Å²) in [5.74, 6) is 0.159. The van der Waals surface area contributed by atoms with Gasteiger partial charge >= 0.3 is 0 Å². The van der Waals surface area contributed by atoms with Crippen LogP contribution >= 0.6 is 0 Å². The summed E-state index contributed by atoms with van der Waals surface area (Å²) in [4.78, 5) is 0. The maximum atomic E-state index is 9.52. The second-order valence-electron chi connectivity index (χ2n) is 3.59. The molecule has 0 bridgehead atoms. The van der Waals surface area contributed by atoms with Crippen molar-refractivity contribution in [3.05, 3.63) is 23.8 Å². The van der Waals surface area contributed by atoms with Crippen molar-refractivity contribution >= 4 is 0 Å². The van der Waals surface area contributed by atoms with Crippen molar-refractivity contribution in [2.45, 2.75) is 6.54 Å². The lowest BCUT2D eigenvalue weighted by Gasteiger charge is -2.07. The van der Waals surface area contributed by atoms with Crippen LogP contribution in [0.3, 0.4) is 0 Å². The summed E-state index contributed by atoms with van der Waals surface area (Å²) < 4.78 is 10.1. The van der Waals surface area contributed by atoms with Gasteiger partial charge in [0.25, 0.3) is 0 Å². The number of hydrogen-bond donors (Lipinski definition) is 3. The van der Waals surface area contributed by atoms with E-state index in [2.05, 4.69) is 5.32 Å². The molecule has 0 fully saturated rings. The first-order valence-corrected chi connectivity index (χ1v) is 5.52. The topological polar surface area (TPSA) is 71.0 Å². The van der Waals surface area contributed by atoms with Gasteiger partial charge in [0.15, 0.2) is 0 Å². The second-order valence-corrected chi connectivity index (χ2v) is 3.59. The normalized spacial score (nSPS) is 10.6. The molecule has 3 N–H and O–H groups in total. The van der Waals surface area contributed by atoms with Gasteiger partial charge in [0.05, 0.1) is 19.8 Å². The van der Waals surface area contributed by atoms with Gasteiger partial charge in [-0.3, -0.25) is 0 Å². The number of phenolic OH excluding ortho intramolecular Hbond substituents is 2. The highest BCUT2D eigenvalue weighted by Gasteiger charge is 2.01. The van der Waals surface area contributed by atoms with Crippen molar-refractivity contribution < 1.29 is 19.7 Å². The summed E-state index contributed by atoms with van der Waals surface area (Å²) >= 11 is 0. The Morgan fingerprint density at radius 3 is 2.71 bits per heavy atom. The molecule has 1 rings (SSSR count). The van der Waals surface area contributed by atoms with Gasteiger partial charge in [-0.1, -0.05) is 6.07 Å². The molecule has 0 heterocycles. The van der Waals surface area contributed by atoms with Crippen LogP contribution in [0.1, 0.15) is 5.56 Å². The number of hydrogen-bond acceptors (Lipinski definition) is 5. The third-order valence-electron chi connectivity index (χ3n) is 2.24. The molecule has 0 atom stereocenters. The van der Waals surface area contributed by atoms with Gasteiger partial charge in [0, 0.05) is 31.8 Å². The first kappa shape index (κ1) is 13.8. The van der Waals surface area contributed by atoms with E-state index in [1.54, 1.807) is 19.2 Å². The van der Waals surface area contributed by atoms with Crippen LogP contribution in [-0.4, -0.2) is 43.7 Å². The first-order chi connectivity index (χ1) is 8.24. The highest BCUT2D eigenvalue weighted by Crippen LogP contribution is 2.21. The summed E-state index contributed by atoms with van der Waals surface area (Å²) in [6.45, 7) is 3.02. The maximum absolute atomic E-state index is 9.52. The number of rotatable bonds is 8. The molecule has 0 aliphatic carbocycles. The first-order valence-electron chi connectivity index (χ1n) is 5.52. The molecule has 17 heavy (non-hydrogen) atoms. The van der Waals surface area contributed by atoms with Gasteiger partial charge in [0.1, 0.15) is 11.5 Å². The average Bonchev–Trinajstić information content (AvgIpc) is 2.30. The van der Waals surface area contributed by atoms with E-state index in [1.165, 1.54) is 6.07 Å². The van der Waals surface area contributed by atoms with Crippen molar-refractivity contribution in [1.82, 2.24) is 5.32 Å². The predicted molar refractivity (Wildman–Crippen MR) is 64.2 cm³/mol. The molecule has 96 valence electrons. The maximum Gasteiger partial charge on any atom is 0.123 e. The fraction of sp³-hybridized carbons (Fsp3) is 0.500. The van der Waals surface area contributed by atoms with Crippen molar-refractivity contribution in [2.24, 2.45) is 0 Å². The van der Waals surface area contributed by atoms with Crippen LogP contribution in [0.5, 0.6) is 11.5 Å². The van der Waals surface area contributed by atoms with Crippen molar-refractivity contribution in [1.29, 1.82) is 0 Å². The minimum Gasteiger partial charge on any atom is -0.508 e. The number of aromatic hydroxyl groups is 2. The number of methoxy groups -OCH3 is 1. The van der Waals surface area contributed by atoms with E-state index in [4.69, 9.17) is 14.6 Å². The van der Waals surface area contributed by atoms with Crippen LogP contribution in [0.4, 0.5) is 0 Å². The van der Waals surface area contributed by atoms with Crippen molar-refractivity contribution in [3.63, 3.8) is 0 Å². The van der Waals surface area contributed by atoms with Gasteiger partial charge in [0.2, 0.25) is 0 Å². The average molecular weight is 241 g/mol. The second kappa shape index (κ2) is 7.89. The Balaban J connectivity index is 2.14. The van der Waals surface area contributed by atoms with E-state index in [0.717, 1.165) is 5.56 Å². The fourth-order valence-corrected chi connectivity index (χ4v) is 1.31. The van der Waals surface area contributed by atoms with Crippen LogP contribution in [-0.2, 0) is 16.0 Å². The summed E-state index contributed by atoms with van der Waals surface area (Å²) in [6, 6.07) is 4.56. The molecule has 0 aliphatic heterocycles. The van der Waals surface area contributed by atoms with E-state index in [9.17, 15) is 5.11 Å². The Bertz CT molecular complexity index is 330. The SMILES string of the molecule is COCCOCCNCc1ccc(O)cc1O. The molecular weight excluding hydrogens is 222 g/mol. The Kier molecular flexibility index (Phi) is 6.39. The summed E-state index contributed by atoms with van der Waals surface area (Å²) in [5.41, 5.74) is 0.750. The Morgan fingerprint density at radius 1 is 1.18 bits per heavy atom. The Hall–Kier alpha value is -1.30. The molecule has 5 nitrogen and oxygen atoms in total. The molecule has 5 heteroatoms. The predicted octanol–water partition coefficient (Wildman–Crippen LogP) is 0.850. The highest BCUT2D eigenvalue weighted by atomic mass is 16.5. The molecule has 0 radical (unpaired) electrons. The van der Waals surface area contributed by atoms with Crippen LogP contribution in [0.15, 0.2) is 18.2 Å². The minimum atomic E-state index is 0.0640. The third kappa shape index (κ3) is 5.53. The number of nitrogens with one attached hydrogen (secondary N) is 1. The van der Waals surface area contributed by atoms with Gasteiger partial charge in [-0.25, -0.2) is 0 Å². The number of benzene rings is 1. The standard InChI is InChI=1S/C12H19NO4/c1-16-6-7-17-5-4-13-9-10-2-3-11(14)8-12(10)15/h2-3,8,13-15H,4-7,9H2,1H3. The Morgan fingerprint density at radius 2 is 2.00 bits per heavy atom. The van der Waals surface area contributed by atoms with Crippen LogP contribution in [0, 0.1) is 0 Å². The fourth-order valence-electron chi connectivity index (χ4n) is 1.31. The van der Waals surface area contributed by atoms with E-state index < -0.39 is 0 Å². The quantitative estimate of drug-likeness (QED) is 0.589. The third-order valence-corrected chi connectivity index (χ3v) is 2.24. The van der Waals surface area contributed by atoms with Gasteiger partial charge in [-0.2, -0.15) is 0 Å². The van der Waals surface area contributed by atoms with Gasteiger partial charge in [-0.15, -0.1) is 0 Å². The summed E-state index contributed by atoms with van der Waals surface area (Å²) in [6.07, 6.45) is 0. The molecule has 0 aliphatic rings. The number of ether oxygens (including phenoxy) is 2. The zero-order valence-electron chi connectivity index (χ0n) is 9.98. The number of phenols is 2.